The highest BCUT2D eigenvalue weighted by molar-refractivity contribution is 6.08. The summed E-state index contributed by atoms with van der Waals surface area (Å²) in [7, 11) is 0. The number of amides is 1. The predicted molar refractivity (Wildman–Crippen MR) is 145 cm³/mol. The molecule has 1 amide bonds. The minimum atomic E-state index is -0.197. The third-order valence-corrected chi connectivity index (χ3v) is 7.18. The molecule has 0 saturated carbocycles. The van der Waals surface area contributed by atoms with E-state index >= 15 is 0 Å². The maximum Gasteiger partial charge on any atom is 0.274 e. The van der Waals surface area contributed by atoms with Crippen LogP contribution < -0.4 is 5.32 Å². The molecule has 0 radical (unpaired) electrons. The largest absolute Gasteiger partial charge is 0.320 e. The van der Waals surface area contributed by atoms with Crippen molar-refractivity contribution in [3.63, 3.8) is 0 Å². The molecule has 1 aromatic carbocycles. The van der Waals surface area contributed by atoms with E-state index in [0.29, 0.717) is 12.2 Å². The first-order valence-electron chi connectivity index (χ1n) is 12.9. The van der Waals surface area contributed by atoms with Crippen molar-refractivity contribution >= 4 is 28.1 Å². The van der Waals surface area contributed by atoms with Gasteiger partial charge in [-0.05, 0) is 88.2 Å². The molecular formula is C29H31N7O. The van der Waals surface area contributed by atoms with Crippen molar-refractivity contribution in [1.29, 1.82) is 0 Å². The van der Waals surface area contributed by atoms with E-state index in [1.54, 1.807) is 6.20 Å². The van der Waals surface area contributed by atoms with Crippen LogP contribution in [0.15, 0.2) is 60.9 Å². The highest BCUT2D eigenvalue weighted by atomic mass is 16.2. The minimum Gasteiger partial charge on any atom is -0.320 e. The van der Waals surface area contributed by atoms with E-state index in [2.05, 4.69) is 32.3 Å². The molecule has 1 fully saturated rings. The maximum atomic E-state index is 13.3. The molecular weight excluding hydrogens is 462 g/mol. The number of anilines is 1. The number of carbonyl (C=O) groups excluding carboxylic acids is 1. The van der Waals surface area contributed by atoms with E-state index in [4.69, 9.17) is 5.10 Å². The molecule has 6 rings (SSSR count). The molecule has 188 valence electrons. The lowest BCUT2D eigenvalue weighted by atomic mass is 10.1. The Morgan fingerprint density at radius 3 is 2.73 bits per heavy atom. The lowest BCUT2D eigenvalue weighted by molar-refractivity contribution is 0.102. The number of aryl methyl sites for hydroxylation is 2. The van der Waals surface area contributed by atoms with E-state index in [9.17, 15) is 4.79 Å². The summed E-state index contributed by atoms with van der Waals surface area (Å²) >= 11 is 0. The number of nitrogens with one attached hydrogen (secondary N) is 1. The molecule has 0 unspecified atom stereocenters. The summed E-state index contributed by atoms with van der Waals surface area (Å²) in [6.07, 6.45) is 7.20. The molecule has 37 heavy (non-hydrogen) atoms. The molecule has 5 aromatic rings. The van der Waals surface area contributed by atoms with Gasteiger partial charge in [-0.3, -0.25) is 18.9 Å². The third-order valence-electron chi connectivity index (χ3n) is 7.18. The summed E-state index contributed by atoms with van der Waals surface area (Å²) in [6, 6.07) is 16.1. The van der Waals surface area contributed by atoms with Crippen molar-refractivity contribution in [3.8, 4) is 0 Å². The van der Waals surface area contributed by atoms with Gasteiger partial charge in [0.05, 0.1) is 35.3 Å². The zero-order valence-corrected chi connectivity index (χ0v) is 21.3. The van der Waals surface area contributed by atoms with Crippen LogP contribution in [-0.2, 0) is 13.0 Å². The Hall–Kier alpha value is -4.04. The van der Waals surface area contributed by atoms with E-state index < -0.39 is 0 Å². The second-order valence-electron chi connectivity index (χ2n) is 9.87. The number of fused-ring (bicyclic) bond motifs is 2. The van der Waals surface area contributed by atoms with Gasteiger partial charge in [-0.1, -0.05) is 12.1 Å². The summed E-state index contributed by atoms with van der Waals surface area (Å²) in [5, 5.41) is 8.80. The average molecular weight is 494 g/mol. The number of nitrogens with zero attached hydrogens (tertiary/aromatic N) is 6. The summed E-state index contributed by atoms with van der Waals surface area (Å²) < 4.78 is 3.80. The van der Waals surface area contributed by atoms with Crippen molar-refractivity contribution in [2.24, 2.45) is 0 Å². The summed E-state index contributed by atoms with van der Waals surface area (Å²) in [6.45, 7) is 7.99. The van der Waals surface area contributed by atoms with Gasteiger partial charge in [-0.25, -0.2) is 4.98 Å². The van der Waals surface area contributed by atoms with Gasteiger partial charge in [0.25, 0.3) is 5.91 Å². The van der Waals surface area contributed by atoms with Crippen LogP contribution in [0.2, 0.25) is 0 Å². The fourth-order valence-corrected chi connectivity index (χ4v) is 5.31. The highest BCUT2D eigenvalue weighted by Gasteiger charge is 2.18. The molecule has 1 aliphatic heterocycles. The summed E-state index contributed by atoms with van der Waals surface area (Å²) in [5.41, 5.74) is 7.02. The van der Waals surface area contributed by atoms with Crippen molar-refractivity contribution in [2.75, 3.05) is 25.0 Å². The Balaban J connectivity index is 1.23. The molecule has 1 N–H and O–H groups in total. The Bertz CT molecular complexity index is 1590. The zero-order valence-electron chi connectivity index (χ0n) is 21.3. The number of rotatable bonds is 7. The Morgan fingerprint density at radius 1 is 1.05 bits per heavy atom. The number of pyridine rings is 2. The van der Waals surface area contributed by atoms with E-state index in [-0.39, 0.29) is 5.91 Å². The van der Waals surface area contributed by atoms with E-state index in [0.717, 1.165) is 52.3 Å². The lowest BCUT2D eigenvalue weighted by Crippen LogP contribution is -2.22. The van der Waals surface area contributed by atoms with Crippen LogP contribution in [0.3, 0.4) is 0 Å². The van der Waals surface area contributed by atoms with Gasteiger partial charge in [-0.15, -0.1) is 0 Å². The van der Waals surface area contributed by atoms with Crippen molar-refractivity contribution in [3.05, 3.63) is 89.3 Å². The molecule has 8 heteroatoms. The normalized spacial score (nSPS) is 14.1. The Labute approximate surface area is 216 Å². The van der Waals surface area contributed by atoms with Gasteiger partial charge in [0.1, 0.15) is 11.3 Å². The number of aromatic nitrogens is 5. The van der Waals surface area contributed by atoms with Gasteiger partial charge in [0.15, 0.2) is 0 Å². The first-order chi connectivity index (χ1) is 18.0. The molecule has 0 bridgehead atoms. The Kier molecular flexibility index (Phi) is 6.18. The van der Waals surface area contributed by atoms with Crippen LogP contribution in [0, 0.1) is 13.8 Å². The average Bonchev–Trinajstić information content (AvgIpc) is 3.63. The quantitative estimate of drug-likeness (QED) is 0.357. The monoisotopic (exact) mass is 493 g/mol. The molecule has 0 aliphatic carbocycles. The van der Waals surface area contributed by atoms with Crippen LogP contribution in [0.1, 0.15) is 46.0 Å². The topological polar surface area (TPSA) is 80.4 Å². The second-order valence-corrected chi connectivity index (χ2v) is 9.87. The zero-order chi connectivity index (χ0) is 25.4. The smallest absolute Gasteiger partial charge is 0.274 e. The van der Waals surface area contributed by atoms with Crippen LogP contribution in [0.4, 0.5) is 5.69 Å². The SMILES string of the molecule is Cc1cccc(Cn2nc(C)c3c(NC(=O)c4cnc5cc(CCN6CCCC6)ccn45)cccc32)n1. The molecule has 0 spiro atoms. The Morgan fingerprint density at radius 2 is 1.89 bits per heavy atom. The van der Waals surface area contributed by atoms with Crippen LogP contribution in [0.25, 0.3) is 16.6 Å². The first kappa shape index (κ1) is 23.4. The van der Waals surface area contributed by atoms with Crippen LogP contribution in [-0.4, -0.2) is 54.6 Å². The third kappa shape index (κ3) is 4.72. The molecule has 0 atom stereocenters. The van der Waals surface area contributed by atoms with Crippen molar-refractivity contribution in [2.45, 2.75) is 39.7 Å². The second kappa shape index (κ2) is 9.78. The molecule has 8 nitrogen and oxygen atoms in total. The molecule has 4 aromatic heterocycles. The van der Waals surface area contributed by atoms with Crippen LogP contribution in [0.5, 0.6) is 0 Å². The number of imidazole rings is 1. The minimum absolute atomic E-state index is 0.197. The van der Waals surface area contributed by atoms with Gasteiger partial charge in [-0.2, -0.15) is 5.10 Å². The molecule has 5 heterocycles. The van der Waals surface area contributed by atoms with Crippen molar-refractivity contribution < 1.29 is 4.79 Å². The predicted octanol–water partition coefficient (Wildman–Crippen LogP) is 4.63. The fourth-order valence-electron chi connectivity index (χ4n) is 5.31. The number of hydrogen-bond acceptors (Lipinski definition) is 5. The van der Waals surface area contributed by atoms with E-state index in [1.807, 2.05) is 65.5 Å². The van der Waals surface area contributed by atoms with Crippen molar-refractivity contribution in [1.82, 2.24) is 29.0 Å². The van der Waals surface area contributed by atoms with Gasteiger partial charge >= 0.3 is 0 Å². The van der Waals surface area contributed by atoms with Gasteiger partial charge < -0.3 is 10.2 Å². The van der Waals surface area contributed by atoms with Gasteiger partial charge in [0.2, 0.25) is 0 Å². The first-order valence-corrected chi connectivity index (χ1v) is 12.9. The number of likely N-dealkylation sites (tertiary alicyclic amines) is 1. The molecule has 1 aliphatic rings. The molecule has 1 saturated heterocycles. The maximum absolute atomic E-state index is 13.3. The summed E-state index contributed by atoms with van der Waals surface area (Å²) in [5.74, 6) is -0.197. The lowest BCUT2D eigenvalue weighted by Gasteiger charge is -2.14. The number of hydrogen-bond donors (Lipinski definition) is 1. The van der Waals surface area contributed by atoms with Gasteiger partial charge in [0, 0.05) is 23.8 Å². The van der Waals surface area contributed by atoms with E-state index in [1.165, 1.54) is 31.5 Å². The number of benzene rings is 1. The van der Waals surface area contributed by atoms with Crippen LogP contribution >= 0.6 is 0 Å². The number of carbonyl (C=O) groups is 1. The fraction of sp³-hybridized carbons (Fsp3) is 0.310. The summed E-state index contributed by atoms with van der Waals surface area (Å²) in [4.78, 5) is 25.0. The highest BCUT2D eigenvalue weighted by Crippen LogP contribution is 2.28. The standard InChI is InChI=1S/C29H31N7O/c1-20-7-5-8-23(31-20)19-36-25-10-6-9-24(28(25)21(2)33-36)32-29(37)26-18-30-27-17-22(12-16-35(26)27)11-15-34-13-3-4-14-34/h5-10,12,16-18H,3-4,11,13-15,19H2,1-2H3,(H,32,37).